The van der Waals surface area contributed by atoms with Crippen molar-refractivity contribution in [1.29, 1.82) is 0 Å². The molecule has 1 aliphatic heterocycles. The zero-order valence-electron chi connectivity index (χ0n) is 12.7. The Labute approximate surface area is 152 Å². The van der Waals surface area contributed by atoms with E-state index in [0.29, 0.717) is 6.79 Å². The van der Waals surface area contributed by atoms with Gasteiger partial charge in [0, 0.05) is 12.1 Å². The van der Waals surface area contributed by atoms with E-state index < -0.39 is 0 Å². The Morgan fingerprint density at radius 3 is 2.70 bits per heavy atom. The van der Waals surface area contributed by atoms with Gasteiger partial charge < -0.3 is 33.5 Å². The highest BCUT2D eigenvalue weighted by atomic mass is 127. The summed E-state index contributed by atoms with van der Waals surface area (Å²) in [5, 5.41) is 1.24. The highest BCUT2D eigenvalue weighted by Gasteiger charge is 2.12. The predicted octanol–water partition coefficient (Wildman–Crippen LogP) is 0.567. The van der Waals surface area contributed by atoms with E-state index in [9.17, 15) is 0 Å². The molecule has 0 bridgehead atoms. The second-order valence-corrected chi connectivity index (χ2v) is 5.35. The molecule has 1 aromatic heterocycles. The molecule has 3 aromatic rings. The van der Waals surface area contributed by atoms with Crippen LogP contribution >= 0.6 is 0 Å². The van der Waals surface area contributed by atoms with E-state index in [4.69, 9.17) is 9.47 Å². The molecule has 4 rings (SSSR count). The molecule has 2 aromatic carbocycles. The number of aromatic nitrogens is 1. The lowest BCUT2D eigenvalue weighted by molar-refractivity contribution is -0.644. The lowest BCUT2D eigenvalue weighted by Crippen LogP contribution is -3.00. The van der Waals surface area contributed by atoms with Crippen molar-refractivity contribution in [3.05, 3.63) is 65.9 Å². The molecule has 2 heterocycles. The van der Waals surface area contributed by atoms with Crippen LogP contribution in [0.5, 0.6) is 11.5 Å². The van der Waals surface area contributed by atoms with E-state index in [-0.39, 0.29) is 24.0 Å². The van der Waals surface area contributed by atoms with E-state index in [2.05, 4.69) is 60.3 Å². The fourth-order valence-electron chi connectivity index (χ4n) is 2.74. The topological polar surface area (TPSA) is 22.3 Å². The van der Waals surface area contributed by atoms with Gasteiger partial charge in [-0.1, -0.05) is 30.4 Å². The summed E-state index contributed by atoms with van der Waals surface area (Å²) in [6.45, 7) is 0.308. The minimum atomic E-state index is 0. The molecule has 0 amide bonds. The van der Waals surface area contributed by atoms with Gasteiger partial charge in [-0.3, -0.25) is 0 Å². The summed E-state index contributed by atoms with van der Waals surface area (Å²) in [7, 11) is 2.06. The van der Waals surface area contributed by atoms with Crippen LogP contribution < -0.4 is 38.0 Å². The largest absolute Gasteiger partial charge is 1.00 e. The molecule has 0 spiro atoms. The summed E-state index contributed by atoms with van der Waals surface area (Å²) in [5.74, 6) is 1.63. The Morgan fingerprint density at radius 1 is 0.957 bits per heavy atom. The van der Waals surface area contributed by atoms with E-state index in [1.807, 2.05) is 18.2 Å². The number of fused-ring (bicyclic) bond motifs is 2. The van der Waals surface area contributed by atoms with Crippen LogP contribution in [-0.4, -0.2) is 6.79 Å². The van der Waals surface area contributed by atoms with Crippen molar-refractivity contribution in [1.82, 2.24) is 0 Å². The van der Waals surface area contributed by atoms with Gasteiger partial charge in [-0.25, -0.2) is 4.57 Å². The van der Waals surface area contributed by atoms with Gasteiger partial charge in [-0.2, -0.15) is 0 Å². The van der Waals surface area contributed by atoms with Gasteiger partial charge in [0.25, 0.3) is 0 Å². The number of hydrogen-bond donors (Lipinski definition) is 0. The van der Waals surface area contributed by atoms with Crippen LogP contribution in [0.2, 0.25) is 0 Å². The first-order valence-electron chi connectivity index (χ1n) is 7.26. The Kier molecular flexibility index (Phi) is 4.52. The molecular weight excluding hydrogens is 401 g/mol. The molecule has 4 heteroatoms. The maximum atomic E-state index is 5.42. The Bertz CT molecular complexity index is 890. The lowest BCUT2D eigenvalue weighted by Gasteiger charge is -2.01. The number of nitrogens with zero attached hydrogens (tertiary/aromatic N) is 1. The third kappa shape index (κ3) is 3.03. The second-order valence-electron chi connectivity index (χ2n) is 5.35. The first kappa shape index (κ1) is 15.8. The maximum Gasteiger partial charge on any atom is 0.231 e. The Hall–Kier alpha value is -2.08. The molecule has 0 aliphatic carbocycles. The van der Waals surface area contributed by atoms with Crippen molar-refractivity contribution in [2.75, 3.05) is 6.79 Å². The number of rotatable bonds is 2. The summed E-state index contributed by atoms with van der Waals surface area (Å²) >= 11 is 0. The zero-order chi connectivity index (χ0) is 14.9. The number of hydrogen-bond acceptors (Lipinski definition) is 2. The van der Waals surface area contributed by atoms with Crippen LogP contribution in [0.3, 0.4) is 0 Å². The van der Waals surface area contributed by atoms with Gasteiger partial charge in [0.2, 0.25) is 12.3 Å². The number of halogens is 1. The SMILES string of the molecule is C[n+]1ccc(/C=C/c2ccc3c(c2)OCO3)c2ccccc21.[I-]. The number of aryl methyl sites for hydroxylation is 1. The van der Waals surface area contributed by atoms with Crippen LogP contribution in [0.1, 0.15) is 11.1 Å². The van der Waals surface area contributed by atoms with E-state index in [0.717, 1.165) is 17.1 Å². The predicted molar refractivity (Wildman–Crippen MR) is 86.6 cm³/mol. The molecular formula is C19H16INO2. The highest BCUT2D eigenvalue weighted by Crippen LogP contribution is 2.33. The molecule has 116 valence electrons. The van der Waals surface area contributed by atoms with E-state index >= 15 is 0 Å². The lowest BCUT2D eigenvalue weighted by atomic mass is 10.1. The maximum absolute atomic E-state index is 5.42. The molecule has 23 heavy (non-hydrogen) atoms. The molecule has 0 unspecified atom stereocenters. The van der Waals surface area contributed by atoms with Crippen molar-refractivity contribution in [2.24, 2.45) is 7.05 Å². The first-order valence-corrected chi connectivity index (χ1v) is 7.26. The summed E-state index contributed by atoms with van der Waals surface area (Å²) < 4.78 is 12.9. The normalized spacial score (nSPS) is 12.6. The first-order chi connectivity index (χ1) is 10.8. The molecule has 0 radical (unpaired) electrons. The second kappa shape index (κ2) is 6.58. The van der Waals surface area contributed by atoms with Crippen LogP contribution in [0, 0.1) is 0 Å². The van der Waals surface area contributed by atoms with Crippen LogP contribution in [0.15, 0.2) is 54.7 Å². The molecule has 0 fully saturated rings. The highest BCUT2D eigenvalue weighted by molar-refractivity contribution is 5.88. The Balaban J connectivity index is 0.00000156. The summed E-state index contributed by atoms with van der Waals surface area (Å²) in [6, 6.07) is 16.5. The molecule has 3 nitrogen and oxygen atoms in total. The van der Waals surface area contributed by atoms with Crippen molar-refractivity contribution in [3.8, 4) is 11.5 Å². The summed E-state index contributed by atoms with van der Waals surface area (Å²) in [6.07, 6.45) is 6.32. The quantitative estimate of drug-likeness (QED) is 0.450. The van der Waals surface area contributed by atoms with E-state index in [1.165, 1.54) is 16.5 Å². The third-order valence-electron chi connectivity index (χ3n) is 3.92. The summed E-state index contributed by atoms with van der Waals surface area (Å²) in [5.41, 5.74) is 3.52. The van der Waals surface area contributed by atoms with Gasteiger partial charge in [0.1, 0.15) is 7.05 Å². The fraction of sp³-hybridized carbons (Fsp3) is 0.105. The minimum absolute atomic E-state index is 0. The van der Waals surface area contributed by atoms with Crippen LogP contribution in [0.25, 0.3) is 23.1 Å². The van der Waals surface area contributed by atoms with Crippen molar-refractivity contribution in [2.45, 2.75) is 0 Å². The Morgan fingerprint density at radius 2 is 1.78 bits per heavy atom. The van der Waals surface area contributed by atoms with Crippen LogP contribution in [-0.2, 0) is 7.05 Å². The minimum Gasteiger partial charge on any atom is -1.00 e. The number of ether oxygens (including phenoxy) is 2. The van der Waals surface area contributed by atoms with E-state index in [1.54, 1.807) is 0 Å². The fourth-order valence-corrected chi connectivity index (χ4v) is 2.74. The van der Waals surface area contributed by atoms with Crippen molar-refractivity contribution >= 4 is 23.1 Å². The van der Waals surface area contributed by atoms with Gasteiger partial charge in [0.15, 0.2) is 17.7 Å². The molecule has 0 saturated heterocycles. The summed E-state index contributed by atoms with van der Waals surface area (Å²) in [4.78, 5) is 0. The van der Waals surface area contributed by atoms with Gasteiger partial charge >= 0.3 is 0 Å². The monoisotopic (exact) mass is 417 g/mol. The molecule has 0 saturated carbocycles. The van der Waals surface area contributed by atoms with Gasteiger partial charge in [-0.05, 0) is 29.3 Å². The third-order valence-corrected chi connectivity index (χ3v) is 3.92. The average molecular weight is 417 g/mol. The molecule has 0 N–H and O–H groups in total. The molecule has 0 atom stereocenters. The number of para-hydroxylation sites is 1. The zero-order valence-corrected chi connectivity index (χ0v) is 14.9. The van der Waals surface area contributed by atoms with Crippen LogP contribution in [0.4, 0.5) is 0 Å². The van der Waals surface area contributed by atoms with Crippen molar-refractivity contribution < 1.29 is 38.0 Å². The smallest absolute Gasteiger partial charge is 0.231 e. The standard InChI is InChI=1S/C19H16NO2.HI/c1-20-11-10-15(16-4-2-3-5-17(16)20)8-6-14-7-9-18-19(12-14)22-13-21-18;/h2-12H,13H2,1H3;1H/q+1;/p-1/b8-6+;. The molecule has 1 aliphatic rings. The van der Waals surface area contributed by atoms with Gasteiger partial charge in [-0.15, -0.1) is 0 Å². The van der Waals surface area contributed by atoms with Gasteiger partial charge in [0.05, 0.1) is 5.39 Å². The average Bonchev–Trinajstić information content (AvgIpc) is 3.02. The van der Waals surface area contributed by atoms with Crippen molar-refractivity contribution in [3.63, 3.8) is 0 Å². The number of pyridine rings is 1. The number of benzene rings is 2.